The molecule has 1 aromatic heterocycles. The fourth-order valence-electron chi connectivity index (χ4n) is 4.12. The van der Waals surface area contributed by atoms with Crippen LogP contribution in [0.15, 0.2) is 30.3 Å². The summed E-state index contributed by atoms with van der Waals surface area (Å²) >= 11 is 0. The lowest BCUT2D eigenvalue weighted by Crippen LogP contribution is -2.11. The molecule has 0 bridgehead atoms. The van der Waals surface area contributed by atoms with Crippen molar-refractivity contribution in [3.05, 3.63) is 52.8 Å². The molecule has 4 heteroatoms. The number of carbonyl (C=O) groups is 1. The van der Waals surface area contributed by atoms with Gasteiger partial charge in [-0.25, -0.2) is 0 Å². The molecule has 29 heavy (non-hydrogen) atoms. The third-order valence-electron chi connectivity index (χ3n) is 5.90. The Morgan fingerprint density at radius 2 is 1.93 bits per heavy atom. The van der Waals surface area contributed by atoms with E-state index in [1.807, 2.05) is 19.2 Å². The summed E-state index contributed by atoms with van der Waals surface area (Å²) in [6.45, 7) is 4.51. The Morgan fingerprint density at radius 3 is 2.59 bits per heavy atom. The van der Waals surface area contributed by atoms with Gasteiger partial charge in [-0.15, -0.1) is 0 Å². The molecule has 2 rings (SSSR count). The van der Waals surface area contributed by atoms with E-state index in [1.54, 1.807) is 7.11 Å². The fraction of sp³-hybridized carbons (Fsp3) is 0.560. The van der Waals surface area contributed by atoms with Crippen LogP contribution in [0.25, 0.3) is 0 Å². The molecular formula is C25H37NO3. The van der Waals surface area contributed by atoms with Crippen molar-refractivity contribution in [1.82, 2.24) is 4.57 Å². The second kappa shape index (κ2) is 11.8. The van der Waals surface area contributed by atoms with E-state index >= 15 is 0 Å². The summed E-state index contributed by atoms with van der Waals surface area (Å²) in [4.78, 5) is 12.7. The van der Waals surface area contributed by atoms with E-state index in [0.717, 1.165) is 62.0 Å². The molecule has 2 aromatic rings. The van der Waals surface area contributed by atoms with Crippen molar-refractivity contribution in [2.45, 2.75) is 71.1 Å². The predicted molar refractivity (Wildman–Crippen MR) is 119 cm³/mol. The van der Waals surface area contributed by atoms with Gasteiger partial charge in [-0.3, -0.25) is 4.79 Å². The number of unbranched alkanes of at least 4 members (excludes halogenated alkanes) is 2. The molecule has 0 amide bonds. The first-order chi connectivity index (χ1) is 14.0. The summed E-state index contributed by atoms with van der Waals surface area (Å²) in [5.74, 6) is 1.60. The summed E-state index contributed by atoms with van der Waals surface area (Å²) in [6, 6.07) is 10.4. The molecule has 0 aliphatic carbocycles. The lowest BCUT2D eigenvalue weighted by atomic mass is 9.96. The van der Waals surface area contributed by atoms with Crippen molar-refractivity contribution in [2.75, 3.05) is 13.7 Å². The number of methoxy groups -OCH3 is 1. The number of aromatic nitrogens is 1. The van der Waals surface area contributed by atoms with Crippen LogP contribution in [0.4, 0.5) is 0 Å². The van der Waals surface area contributed by atoms with Crippen LogP contribution in [0, 0.1) is 6.92 Å². The van der Waals surface area contributed by atoms with E-state index in [-0.39, 0.29) is 12.4 Å². The maximum Gasteiger partial charge on any atom is 0.179 e. The summed E-state index contributed by atoms with van der Waals surface area (Å²) < 4.78 is 7.40. The van der Waals surface area contributed by atoms with Crippen LogP contribution in [0.3, 0.4) is 0 Å². The van der Waals surface area contributed by atoms with E-state index in [1.165, 1.54) is 11.3 Å². The highest BCUT2D eigenvalue weighted by Crippen LogP contribution is 2.27. The molecule has 1 atom stereocenters. The van der Waals surface area contributed by atoms with Crippen LogP contribution in [-0.2, 0) is 13.5 Å². The van der Waals surface area contributed by atoms with Crippen LogP contribution >= 0.6 is 0 Å². The molecule has 0 saturated heterocycles. The number of hydrogen-bond acceptors (Lipinski definition) is 3. The highest BCUT2D eigenvalue weighted by molar-refractivity contribution is 5.94. The molecule has 1 N–H and O–H groups in total. The Labute approximate surface area is 175 Å². The zero-order chi connectivity index (χ0) is 21.2. The van der Waals surface area contributed by atoms with Crippen molar-refractivity contribution >= 4 is 5.78 Å². The van der Waals surface area contributed by atoms with E-state index in [4.69, 9.17) is 9.84 Å². The van der Waals surface area contributed by atoms with E-state index in [2.05, 4.69) is 36.6 Å². The van der Waals surface area contributed by atoms with E-state index < -0.39 is 0 Å². The summed E-state index contributed by atoms with van der Waals surface area (Å²) in [7, 11) is 3.71. The van der Waals surface area contributed by atoms with Gasteiger partial charge in [0.05, 0.1) is 12.8 Å². The van der Waals surface area contributed by atoms with Crippen LogP contribution in [0.2, 0.25) is 0 Å². The third-order valence-corrected chi connectivity index (χ3v) is 5.90. The molecule has 0 fully saturated rings. The summed E-state index contributed by atoms with van der Waals surface area (Å²) in [5.41, 5.74) is 4.51. The monoisotopic (exact) mass is 399 g/mol. The Kier molecular flexibility index (Phi) is 9.46. The predicted octanol–water partition coefficient (Wildman–Crippen LogP) is 5.59. The molecule has 1 heterocycles. The molecular weight excluding hydrogens is 362 g/mol. The Balaban J connectivity index is 1.86. The number of ether oxygens (including phenoxy) is 1. The number of carbonyl (C=O) groups excluding carboxylic acids is 1. The Hall–Kier alpha value is -2.07. The molecule has 0 radical (unpaired) electrons. The zero-order valence-electron chi connectivity index (χ0n) is 18.5. The highest BCUT2D eigenvalue weighted by Gasteiger charge is 2.17. The topological polar surface area (TPSA) is 51.5 Å². The number of rotatable bonds is 13. The van der Waals surface area contributed by atoms with Gasteiger partial charge < -0.3 is 14.4 Å². The van der Waals surface area contributed by atoms with E-state index in [0.29, 0.717) is 12.3 Å². The summed E-state index contributed by atoms with van der Waals surface area (Å²) in [5, 5.41) is 9.01. The minimum atomic E-state index is 0.231. The van der Waals surface area contributed by atoms with Gasteiger partial charge in [0.25, 0.3) is 0 Å². The highest BCUT2D eigenvalue weighted by atomic mass is 16.5. The van der Waals surface area contributed by atoms with Crippen LogP contribution in [-0.4, -0.2) is 29.2 Å². The quantitative estimate of drug-likeness (QED) is 0.353. The van der Waals surface area contributed by atoms with Gasteiger partial charge in [0.1, 0.15) is 5.75 Å². The largest absolute Gasteiger partial charge is 0.496 e. The Morgan fingerprint density at radius 1 is 1.14 bits per heavy atom. The average molecular weight is 400 g/mol. The SMILES string of the molecule is CC[C@H](CCCCO)c1ccc(C(=O)CCCCc2ccc(OC)c(C)c2)n1C. The first kappa shape index (κ1) is 23.2. The summed E-state index contributed by atoms with van der Waals surface area (Å²) in [6.07, 6.45) is 7.47. The second-order valence-corrected chi connectivity index (χ2v) is 7.96. The van der Waals surface area contributed by atoms with Gasteiger partial charge in [0.15, 0.2) is 5.78 Å². The minimum Gasteiger partial charge on any atom is -0.496 e. The van der Waals surface area contributed by atoms with Crippen LogP contribution in [0.5, 0.6) is 5.75 Å². The van der Waals surface area contributed by atoms with Crippen molar-refractivity contribution in [2.24, 2.45) is 7.05 Å². The van der Waals surface area contributed by atoms with Gasteiger partial charge in [0, 0.05) is 25.8 Å². The molecule has 0 unspecified atom stereocenters. The van der Waals surface area contributed by atoms with Gasteiger partial charge in [0.2, 0.25) is 0 Å². The number of aliphatic hydroxyl groups is 1. The lowest BCUT2D eigenvalue weighted by Gasteiger charge is -2.17. The molecule has 0 aliphatic rings. The normalized spacial score (nSPS) is 12.2. The number of Topliss-reactive ketones (excluding diaryl/α,β-unsaturated/α-hetero) is 1. The number of ketones is 1. The average Bonchev–Trinajstić information content (AvgIpc) is 3.10. The second-order valence-electron chi connectivity index (χ2n) is 7.96. The first-order valence-electron chi connectivity index (χ1n) is 10.9. The molecule has 0 aliphatic heterocycles. The van der Waals surface area contributed by atoms with Crippen molar-refractivity contribution in [3.8, 4) is 5.75 Å². The molecule has 4 nitrogen and oxygen atoms in total. The van der Waals surface area contributed by atoms with Crippen molar-refractivity contribution < 1.29 is 14.6 Å². The maximum atomic E-state index is 12.7. The molecule has 1 aromatic carbocycles. The van der Waals surface area contributed by atoms with Gasteiger partial charge in [-0.05, 0) is 80.7 Å². The van der Waals surface area contributed by atoms with Crippen LogP contribution in [0.1, 0.15) is 85.1 Å². The van der Waals surface area contributed by atoms with Gasteiger partial charge in [-0.2, -0.15) is 0 Å². The van der Waals surface area contributed by atoms with Crippen molar-refractivity contribution in [1.29, 1.82) is 0 Å². The van der Waals surface area contributed by atoms with Crippen LogP contribution < -0.4 is 4.74 Å². The number of benzene rings is 1. The number of aliphatic hydroxyl groups excluding tert-OH is 1. The molecule has 160 valence electrons. The number of aryl methyl sites for hydroxylation is 2. The lowest BCUT2D eigenvalue weighted by molar-refractivity contribution is 0.0971. The fourth-order valence-corrected chi connectivity index (χ4v) is 4.12. The standard InChI is InChI=1S/C25H37NO3/c1-5-21(11-8-9-17-27)22-14-15-23(26(22)3)24(28)12-7-6-10-20-13-16-25(29-4)19(2)18-20/h13-16,18,21,27H,5-12,17H2,1-4H3/t21-/m1/s1. The number of hydrogen-bond donors (Lipinski definition) is 1. The zero-order valence-corrected chi connectivity index (χ0v) is 18.5. The molecule has 0 saturated carbocycles. The smallest absolute Gasteiger partial charge is 0.179 e. The van der Waals surface area contributed by atoms with E-state index in [9.17, 15) is 4.79 Å². The maximum absolute atomic E-state index is 12.7. The minimum absolute atomic E-state index is 0.231. The Bertz CT molecular complexity index is 778. The number of nitrogens with zero attached hydrogens (tertiary/aromatic N) is 1. The molecule has 0 spiro atoms. The van der Waals surface area contributed by atoms with Gasteiger partial charge in [-0.1, -0.05) is 25.5 Å². The first-order valence-corrected chi connectivity index (χ1v) is 10.9. The third kappa shape index (κ3) is 6.46. The van der Waals surface area contributed by atoms with Crippen molar-refractivity contribution in [3.63, 3.8) is 0 Å². The van der Waals surface area contributed by atoms with Gasteiger partial charge >= 0.3 is 0 Å².